The van der Waals surface area contributed by atoms with Gasteiger partial charge in [0.1, 0.15) is 5.82 Å². The molecule has 1 fully saturated rings. The maximum atomic E-state index is 9.72. The Labute approximate surface area is 146 Å². The number of halogens is 1. The predicted molar refractivity (Wildman–Crippen MR) is 99.3 cm³/mol. The summed E-state index contributed by atoms with van der Waals surface area (Å²) in [5.74, 6) is 1.64. The highest BCUT2D eigenvalue weighted by molar-refractivity contribution is 14.1. The number of aromatic nitrogens is 2. The van der Waals surface area contributed by atoms with Gasteiger partial charge in [-0.2, -0.15) is 4.98 Å². The molecule has 0 spiro atoms. The molecule has 1 saturated carbocycles. The molecule has 1 aliphatic rings. The third-order valence-corrected chi connectivity index (χ3v) is 4.87. The Hall–Kier alpha value is -0.630. The summed E-state index contributed by atoms with van der Waals surface area (Å²) in [5.41, 5.74) is 0. The fourth-order valence-corrected chi connectivity index (χ4v) is 3.17. The minimum absolute atomic E-state index is 0.102. The van der Waals surface area contributed by atoms with Crippen molar-refractivity contribution in [3.63, 3.8) is 0 Å². The molecule has 1 heterocycles. The zero-order valence-corrected chi connectivity index (χ0v) is 15.5. The molecule has 1 aliphatic carbocycles. The average Bonchev–Trinajstić information content (AvgIpc) is 2.48. The number of nitrogens with one attached hydrogen (secondary N) is 2. The lowest BCUT2D eigenvalue weighted by Gasteiger charge is -2.24. The standard InChI is InChI=1S/C16H27IN4O/c1-2-3-10-18-16-19-11-14(17)15(21-16)20-12-6-4-8-13(22)9-5-7-12/h11-13,22H,2-10H2,1H3,(H2,18,19,20,21). The van der Waals surface area contributed by atoms with Crippen molar-refractivity contribution in [2.24, 2.45) is 0 Å². The number of anilines is 2. The predicted octanol–water partition coefficient (Wildman–Crippen LogP) is 3.79. The molecule has 3 N–H and O–H groups in total. The summed E-state index contributed by atoms with van der Waals surface area (Å²) in [5, 5.41) is 16.6. The SMILES string of the molecule is CCCCNc1ncc(I)c(NC2CCCC(O)CCC2)n1. The smallest absolute Gasteiger partial charge is 0.224 e. The monoisotopic (exact) mass is 418 g/mol. The molecule has 124 valence electrons. The zero-order valence-electron chi connectivity index (χ0n) is 13.3. The molecular weight excluding hydrogens is 391 g/mol. The summed E-state index contributed by atoms with van der Waals surface area (Å²) in [4.78, 5) is 8.96. The lowest BCUT2D eigenvalue weighted by Crippen LogP contribution is -2.24. The Morgan fingerprint density at radius 1 is 1.27 bits per heavy atom. The van der Waals surface area contributed by atoms with Crippen LogP contribution in [0.15, 0.2) is 6.20 Å². The molecule has 0 bridgehead atoms. The van der Waals surface area contributed by atoms with E-state index in [0.717, 1.165) is 67.3 Å². The Morgan fingerprint density at radius 2 is 2.00 bits per heavy atom. The van der Waals surface area contributed by atoms with Crippen LogP contribution < -0.4 is 10.6 Å². The molecule has 5 nitrogen and oxygen atoms in total. The second-order valence-corrected chi connectivity index (χ2v) is 7.19. The molecule has 0 saturated heterocycles. The van der Waals surface area contributed by atoms with Crippen molar-refractivity contribution >= 4 is 34.4 Å². The van der Waals surface area contributed by atoms with Crippen LogP contribution in [-0.4, -0.2) is 33.8 Å². The van der Waals surface area contributed by atoms with Gasteiger partial charge in [0.15, 0.2) is 0 Å². The Bertz CT molecular complexity index is 448. The lowest BCUT2D eigenvalue weighted by atomic mass is 9.95. The van der Waals surface area contributed by atoms with Gasteiger partial charge >= 0.3 is 0 Å². The molecule has 0 radical (unpaired) electrons. The molecular formula is C16H27IN4O. The molecule has 0 amide bonds. The molecule has 0 aromatic carbocycles. The molecule has 22 heavy (non-hydrogen) atoms. The van der Waals surface area contributed by atoms with Crippen LogP contribution in [0.5, 0.6) is 0 Å². The van der Waals surface area contributed by atoms with Gasteiger partial charge in [-0.25, -0.2) is 4.98 Å². The molecule has 1 aromatic heterocycles. The van der Waals surface area contributed by atoms with E-state index in [4.69, 9.17) is 0 Å². The summed E-state index contributed by atoms with van der Waals surface area (Å²) < 4.78 is 1.06. The van der Waals surface area contributed by atoms with Crippen molar-refractivity contribution in [1.82, 2.24) is 9.97 Å². The number of aliphatic hydroxyl groups is 1. The van der Waals surface area contributed by atoms with E-state index >= 15 is 0 Å². The fraction of sp³-hybridized carbons (Fsp3) is 0.750. The Kier molecular flexibility index (Phi) is 7.65. The topological polar surface area (TPSA) is 70.1 Å². The highest BCUT2D eigenvalue weighted by Gasteiger charge is 2.16. The summed E-state index contributed by atoms with van der Waals surface area (Å²) in [6.07, 6.45) is 10.2. The summed E-state index contributed by atoms with van der Waals surface area (Å²) >= 11 is 2.28. The van der Waals surface area contributed by atoms with E-state index in [0.29, 0.717) is 12.0 Å². The van der Waals surface area contributed by atoms with Gasteiger partial charge in [0, 0.05) is 18.8 Å². The van der Waals surface area contributed by atoms with Crippen LogP contribution in [0.2, 0.25) is 0 Å². The van der Waals surface area contributed by atoms with Gasteiger partial charge in [0.25, 0.3) is 0 Å². The van der Waals surface area contributed by atoms with Gasteiger partial charge in [-0.3, -0.25) is 0 Å². The first kappa shape index (κ1) is 17.7. The maximum Gasteiger partial charge on any atom is 0.224 e. The van der Waals surface area contributed by atoms with Crippen LogP contribution >= 0.6 is 22.6 Å². The van der Waals surface area contributed by atoms with Crippen molar-refractivity contribution in [2.75, 3.05) is 17.2 Å². The third kappa shape index (κ3) is 5.87. The number of hydrogen-bond donors (Lipinski definition) is 3. The van der Waals surface area contributed by atoms with E-state index in [-0.39, 0.29) is 6.10 Å². The van der Waals surface area contributed by atoms with E-state index in [1.807, 2.05) is 6.20 Å². The molecule has 6 heteroatoms. The summed E-state index contributed by atoms with van der Waals surface area (Å²) in [6.45, 7) is 3.09. The second kappa shape index (κ2) is 9.50. The number of nitrogens with zero attached hydrogens (tertiary/aromatic N) is 2. The van der Waals surface area contributed by atoms with Crippen molar-refractivity contribution < 1.29 is 5.11 Å². The fourth-order valence-electron chi connectivity index (χ4n) is 2.76. The van der Waals surface area contributed by atoms with Gasteiger partial charge in [-0.05, 0) is 67.5 Å². The van der Waals surface area contributed by atoms with Gasteiger partial charge in [-0.1, -0.05) is 13.3 Å². The van der Waals surface area contributed by atoms with Crippen molar-refractivity contribution in [3.8, 4) is 0 Å². The van der Waals surface area contributed by atoms with Crippen molar-refractivity contribution in [2.45, 2.75) is 70.4 Å². The minimum Gasteiger partial charge on any atom is -0.393 e. The zero-order chi connectivity index (χ0) is 15.8. The van der Waals surface area contributed by atoms with Gasteiger partial charge in [0.2, 0.25) is 5.95 Å². The number of hydrogen-bond acceptors (Lipinski definition) is 5. The Morgan fingerprint density at radius 3 is 2.68 bits per heavy atom. The molecule has 0 unspecified atom stereocenters. The highest BCUT2D eigenvalue weighted by Crippen LogP contribution is 2.23. The van der Waals surface area contributed by atoms with E-state index in [1.54, 1.807) is 0 Å². The number of rotatable bonds is 6. The minimum atomic E-state index is -0.102. The number of aliphatic hydroxyl groups excluding tert-OH is 1. The van der Waals surface area contributed by atoms with Crippen LogP contribution in [-0.2, 0) is 0 Å². The molecule has 0 aliphatic heterocycles. The molecule has 1 aromatic rings. The van der Waals surface area contributed by atoms with E-state index in [1.165, 1.54) is 0 Å². The van der Waals surface area contributed by atoms with E-state index in [2.05, 4.69) is 50.1 Å². The normalized spacial score (nSPS) is 22.7. The van der Waals surface area contributed by atoms with Crippen LogP contribution in [0, 0.1) is 3.57 Å². The van der Waals surface area contributed by atoms with Gasteiger partial charge in [0.05, 0.1) is 9.67 Å². The van der Waals surface area contributed by atoms with Crippen molar-refractivity contribution in [1.29, 1.82) is 0 Å². The van der Waals surface area contributed by atoms with E-state index < -0.39 is 0 Å². The lowest BCUT2D eigenvalue weighted by molar-refractivity contribution is 0.140. The van der Waals surface area contributed by atoms with Crippen LogP contribution in [0.3, 0.4) is 0 Å². The second-order valence-electron chi connectivity index (χ2n) is 6.03. The average molecular weight is 418 g/mol. The summed E-state index contributed by atoms with van der Waals surface area (Å²) in [6, 6.07) is 0.444. The summed E-state index contributed by atoms with van der Waals surface area (Å²) in [7, 11) is 0. The third-order valence-electron chi connectivity index (χ3n) is 4.08. The first-order chi connectivity index (χ1) is 10.7. The maximum absolute atomic E-state index is 9.72. The Balaban J connectivity index is 1.93. The number of unbranched alkanes of at least 4 members (excludes halogenated alkanes) is 1. The van der Waals surface area contributed by atoms with Crippen LogP contribution in [0.4, 0.5) is 11.8 Å². The van der Waals surface area contributed by atoms with Crippen LogP contribution in [0.1, 0.15) is 58.3 Å². The van der Waals surface area contributed by atoms with Gasteiger partial charge < -0.3 is 15.7 Å². The first-order valence-corrected chi connectivity index (χ1v) is 9.48. The molecule has 2 rings (SSSR count). The van der Waals surface area contributed by atoms with Crippen molar-refractivity contribution in [3.05, 3.63) is 9.77 Å². The first-order valence-electron chi connectivity index (χ1n) is 8.40. The quantitative estimate of drug-likeness (QED) is 0.485. The van der Waals surface area contributed by atoms with Crippen LogP contribution in [0.25, 0.3) is 0 Å². The molecule has 0 atom stereocenters. The highest BCUT2D eigenvalue weighted by atomic mass is 127. The largest absolute Gasteiger partial charge is 0.393 e. The van der Waals surface area contributed by atoms with Gasteiger partial charge in [-0.15, -0.1) is 0 Å². The van der Waals surface area contributed by atoms with E-state index in [9.17, 15) is 5.11 Å².